The first-order chi connectivity index (χ1) is 10.0. The van der Waals surface area contributed by atoms with Gasteiger partial charge in [-0.15, -0.1) is 0 Å². The molecule has 3 atom stereocenters. The topological polar surface area (TPSA) is 23.5 Å². The predicted molar refractivity (Wildman–Crippen MR) is 91.2 cm³/mol. The first-order valence-corrected chi connectivity index (χ1v) is 8.00. The van der Waals surface area contributed by atoms with Gasteiger partial charge in [-0.2, -0.15) is 0 Å². The maximum atomic E-state index is 10.6. The lowest BCUT2D eigenvalue weighted by atomic mass is 9.99. The van der Waals surface area contributed by atoms with Crippen molar-refractivity contribution in [3.8, 4) is 0 Å². The second kappa shape index (κ2) is 7.21. The zero-order chi connectivity index (χ0) is 15.4. The molecule has 0 aliphatic heterocycles. The van der Waals surface area contributed by atoms with E-state index >= 15 is 0 Å². The van der Waals surface area contributed by atoms with Gasteiger partial charge in [0.05, 0.1) is 6.10 Å². The Kier molecular flexibility index (Phi) is 5.57. The zero-order valence-electron chi connectivity index (χ0n) is 12.7. The van der Waals surface area contributed by atoms with Crippen molar-refractivity contribution in [2.75, 3.05) is 7.05 Å². The summed E-state index contributed by atoms with van der Waals surface area (Å²) in [6.07, 6.45) is -0.492. The Labute approximate surface area is 135 Å². The average Bonchev–Trinajstić information content (AvgIpc) is 2.53. The Morgan fingerprint density at radius 1 is 0.905 bits per heavy atom. The molecule has 0 saturated heterocycles. The normalized spacial score (nSPS) is 15.7. The van der Waals surface area contributed by atoms with E-state index in [0.717, 1.165) is 10.0 Å². The van der Waals surface area contributed by atoms with Crippen LogP contribution in [0.15, 0.2) is 59.1 Å². The molecule has 1 N–H and O–H groups in total. The lowest BCUT2D eigenvalue weighted by Gasteiger charge is -2.34. The lowest BCUT2D eigenvalue weighted by molar-refractivity contribution is 0.0528. The number of benzene rings is 2. The maximum absolute atomic E-state index is 10.6. The highest BCUT2D eigenvalue weighted by Gasteiger charge is 2.24. The van der Waals surface area contributed by atoms with Gasteiger partial charge in [0.25, 0.3) is 0 Å². The van der Waals surface area contributed by atoms with Crippen LogP contribution in [0.25, 0.3) is 0 Å². The molecule has 112 valence electrons. The third-order valence-corrected chi connectivity index (χ3v) is 4.73. The molecular weight excluding hydrogens is 326 g/mol. The second-order valence-electron chi connectivity index (χ2n) is 5.49. The summed E-state index contributed by atoms with van der Waals surface area (Å²) in [5, 5.41) is 10.6. The van der Waals surface area contributed by atoms with Gasteiger partial charge < -0.3 is 5.11 Å². The molecule has 2 aromatic rings. The molecule has 0 aliphatic rings. The van der Waals surface area contributed by atoms with Gasteiger partial charge in [0, 0.05) is 16.6 Å². The zero-order valence-corrected chi connectivity index (χ0v) is 14.3. The summed E-state index contributed by atoms with van der Waals surface area (Å²) in [5.74, 6) is 0. The van der Waals surface area contributed by atoms with Gasteiger partial charge in [-0.1, -0.05) is 58.4 Å². The Balaban J connectivity index is 2.11. The van der Waals surface area contributed by atoms with Crippen molar-refractivity contribution in [3.05, 3.63) is 70.2 Å². The molecule has 0 fully saturated rings. The third-order valence-electron chi connectivity index (χ3n) is 4.20. The highest BCUT2D eigenvalue weighted by molar-refractivity contribution is 9.10. The van der Waals surface area contributed by atoms with Gasteiger partial charge in [-0.05, 0) is 44.2 Å². The highest BCUT2D eigenvalue weighted by Crippen LogP contribution is 2.27. The largest absolute Gasteiger partial charge is 0.387 e. The van der Waals surface area contributed by atoms with Crippen LogP contribution in [0, 0.1) is 0 Å². The Morgan fingerprint density at radius 3 is 2.05 bits per heavy atom. The summed E-state index contributed by atoms with van der Waals surface area (Å²) in [6, 6.07) is 18.5. The van der Waals surface area contributed by atoms with Crippen LogP contribution in [0.2, 0.25) is 0 Å². The minimum absolute atomic E-state index is 0.0334. The van der Waals surface area contributed by atoms with E-state index in [0.29, 0.717) is 0 Å². The van der Waals surface area contributed by atoms with Crippen LogP contribution in [0.1, 0.15) is 37.1 Å². The number of aliphatic hydroxyl groups is 1. The first kappa shape index (κ1) is 16.2. The molecule has 2 nitrogen and oxygen atoms in total. The summed E-state index contributed by atoms with van der Waals surface area (Å²) < 4.78 is 1.08. The second-order valence-corrected chi connectivity index (χ2v) is 6.40. The minimum atomic E-state index is -0.492. The van der Waals surface area contributed by atoms with E-state index in [1.54, 1.807) is 0 Å². The molecule has 2 aromatic carbocycles. The van der Waals surface area contributed by atoms with E-state index in [2.05, 4.69) is 66.0 Å². The van der Waals surface area contributed by atoms with Gasteiger partial charge in [0.15, 0.2) is 0 Å². The number of nitrogens with zero attached hydrogens (tertiary/aromatic N) is 1. The van der Waals surface area contributed by atoms with Crippen molar-refractivity contribution in [2.24, 2.45) is 0 Å². The predicted octanol–water partition coefficient (Wildman–Crippen LogP) is 4.56. The van der Waals surface area contributed by atoms with Gasteiger partial charge >= 0.3 is 0 Å². The van der Waals surface area contributed by atoms with E-state index in [9.17, 15) is 5.11 Å². The molecule has 0 bridgehead atoms. The van der Waals surface area contributed by atoms with Gasteiger partial charge in [-0.3, -0.25) is 4.90 Å². The molecule has 3 heteroatoms. The summed E-state index contributed by atoms with van der Waals surface area (Å²) in [4.78, 5) is 2.21. The van der Waals surface area contributed by atoms with E-state index in [4.69, 9.17) is 0 Å². The van der Waals surface area contributed by atoms with Crippen molar-refractivity contribution in [1.29, 1.82) is 0 Å². The molecule has 0 spiro atoms. The van der Waals surface area contributed by atoms with E-state index < -0.39 is 6.10 Å². The fourth-order valence-electron chi connectivity index (χ4n) is 2.48. The first-order valence-electron chi connectivity index (χ1n) is 7.21. The summed E-state index contributed by atoms with van der Waals surface area (Å²) in [7, 11) is 2.06. The molecule has 2 rings (SSSR count). The summed E-state index contributed by atoms with van der Waals surface area (Å²) >= 11 is 3.46. The highest BCUT2D eigenvalue weighted by atomic mass is 79.9. The van der Waals surface area contributed by atoms with Crippen LogP contribution < -0.4 is 0 Å². The van der Waals surface area contributed by atoms with Crippen LogP contribution in [0.5, 0.6) is 0 Å². The number of aliphatic hydroxyl groups excluding tert-OH is 1. The number of hydrogen-bond donors (Lipinski definition) is 1. The molecular formula is C18H22BrNO. The Morgan fingerprint density at radius 2 is 1.48 bits per heavy atom. The Hall–Kier alpha value is -1.16. The van der Waals surface area contributed by atoms with E-state index in [1.165, 1.54) is 5.56 Å². The van der Waals surface area contributed by atoms with E-state index in [1.807, 2.05) is 30.3 Å². The fraction of sp³-hybridized carbons (Fsp3) is 0.333. The smallest absolute Gasteiger partial charge is 0.0942 e. The van der Waals surface area contributed by atoms with Crippen LogP contribution in [0.4, 0.5) is 0 Å². The number of halogens is 1. The molecule has 0 heterocycles. The van der Waals surface area contributed by atoms with Gasteiger partial charge in [0.2, 0.25) is 0 Å². The molecule has 0 amide bonds. The molecule has 0 aliphatic carbocycles. The minimum Gasteiger partial charge on any atom is -0.387 e. The molecule has 0 unspecified atom stereocenters. The monoisotopic (exact) mass is 347 g/mol. The molecule has 0 radical (unpaired) electrons. The van der Waals surface area contributed by atoms with E-state index in [-0.39, 0.29) is 12.1 Å². The van der Waals surface area contributed by atoms with Crippen LogP contribution in [0.3, 0.4) is 0 Å². The van der Waals surface area contributed by atoms with Crippen molar-refractivity contribution in [2.45, 2.75) is 32.0 Å². The summed E-state index contributed by atoms with van der Waals surface area (Å²) in [5.41, 5.74) is 2.20. The maximum Gasteiger partial charge on any atom is 0.0942 e. The lowest BCUT2D eigenvalue weighted by Crippen LogP contribution is -2.36. The number of likely N-dealkylation sites (N-methyl/N-ethyl adjacent to an activating group) is 1. The Bertz CT molecular complexity index is 555. The molecule has 0 saturated carbocycles. The van der Waals surface area contributed by atoms with Gasteiger partial charge in [-0.25, -0.2) is 0 Å². The van der Waals surface area contributed by atoms with Crippen molar-refractivity contribution >= 4 is 15.9 Å². The van der Waals surface area contributed by atoms with Crippen molar-refractivity contribution in [1.82, 2.24) is 4.90 Å². The van der Waals surface area contributed by atoms with Crippen LogP contribution in [-0.4, -0.2) is 23.1 Å². The van der Waals surface area contributed by atoms with Crippen molar-refractivity contribution < 1.29 is 5.11 Å². The van der Waals surface area contributed by atoms with Crippen LogP contribution in [-0.2, 0) is 0 Å². The molecule has 21 heavy (non-hydrogen) atoms. The number of rotatable bonds is 5. The SMILES string of the molecule is C[C@@H](c1ccc(Br)cc1)N(C)[C@@H](C)[C@H](O)c1ccccc1. The molecule has 0 aromatic heterocycles. The average molecular weight is 348 g/mol. The fourth-order valence-corrected chi connectivity index (χ4v) is 2.74. The standard InChI is InChI=1S/C18H22BrNO/c1-13(15-9-11-17(19)12-10-15)20(3)14(2)18(21)16-7-5-4-6-8-16/h4-14,18,21H,1-3H3/t13-,14-,18-/m0/s1. The van der Waals surface area contributed by atoms with Crippen LogP contribution >= 0.6 is 15.9 Å². The quantitative estimate of drug-likeness (QED) is 0.856. The van der Waals surface area contributed by atoms with Crippen molar-refractivity contribution in [3.63, 3.8) is 0 Å². The third kappa shape index (κ3) is 3.94. The van der Waals surface area contributed by atoms with Gasteiger partial charge in [0.1, 0.15) is 0 Å². The number of hydrogen-bond acceptors (Lipinski definition) is 2. The summed E-state index contributed by atoms with van der Waals surface area (Å²) in [6.45, 7) is 4.23.